The lowest BCUT2D eigenvalue weighted by molar-refractivity contribution is -0.140. The number of halogens is 3. The number of sulfone groups is 1. The predicted molar refractivity (Wildman–Crippen MR) is 118 cm³/mol. The quantitative estimate of drug-likeness (QED) is 0.567. The van der Waals surface area contributed by atoms with Crippen molar-refractivity contribution in [2.45, 2.75) is 29.8 Å². The number of para-hydroxylation sites is 1. The van der Waals surface area contributed by atoms with Gasteiger partial charge in [0, 0.05) is 31.0 Å². The SMILES string of the molecule is CS(=O)(=O)C1([C@H]2COc3ccccc3[C@@H]2Nc2ncnc3[nH]c(C(F)(F)F)cc23)CCOCC1. The van der Waals surface area contributed by atoms with Crippen LogP contribution in [-0.2, 0) is 20.8 Å². The standard InChI is InChI=1S/C22H23F3N4O4S/c1-34(30,31)21(6-8-32-9-7-21)15-11-33-16-5-3-2-4-13(16)18(15)29-20-14-10-17(22(23,24)25)28-19(14)26-12-27-20/h2-5,10,12,15,18H,6-9,11H2,1H3,(H2,26,27,28,29)/t15-,18-/m0/s1. The van der Waals surface area contributed by atoms with E-state index in [0.717, 1.165) is 6.07 Å². The van der Waals surface area contributed by atoms with E-state index in [1.807, 2.05) is 18.2 Å². The summed E-state index contributed by atoms with van der Waals surface area (Å²) in [7, 11) is -3.56. The van der Waals surface area contributed by atoms with E-state index in [4.69, 9.17) is 9.47 Å². The number of benzene rings is 1. The minimum absolute atomic E-state index is 0.0330. The summed E-state index contributed by atoms with van der Waals surface area (Å²) in [6.45, 7) is 0.710. The number of nitrogens with one attached hydrogen (secondary N) is 2. The summed E-state index contributed by atoms with van der Waals surface area (Å²) < 4.78 is 76.5. The zero-order valence-corrected chi connectivity index (χ0v) is 19.0. The second-order valence-electron chi connectivity index (χ2n) is 8.69. The molecule has 12 heteroatoms. The van der Waals surface area contributed by atoms with E-state index in [2.05, 4.69) is 20.3 Å². The summed E-state index contributed by atoms with van der Waals surface area (Å²) in [5, 5.41) is 3.43. The predicted octanol–water partition coefficient (Wildman–Crippen LogP) is 3.73. The van der Waals surface area contributed by atoms with Gasteiger partial charge in [-0.15, -0.1) is 0 Å². The molecule has 2 aliphatic rings. The maximum absolute atomic E-state index is 13.3. The normalized spacial score (nSPS) is 22.7. The number of hydrogen-bond donors (Lipinski definition) is 2. The van der Waals surface area contributed by atoms with Crippen LogP contribution in [0.15, 0.2) is 36.7 Å². The fraction of sp³-hybridized carbons (Fsp3) is 0.455. The van der Waals surface area contributed by atoms with Crippen LogP contribution >= 0.6 is 0 Å². The van der Waals surface area contributed by atoms with E-state index in [0.29, 0.717) is 37.4 Å². The van der Waals surface area contributed by atoms with E-state index < -0.39 is 38.4 Å². The van der Waals surface area contributed by atoms with Crippen LogP contribution in [0.2, 0.25) is 0 Å². The summed E-state index contributed by atoms with van der Waals surface area (Å²) in [6.07, 6.45) is -1.60. The molecule has 0 aliphatic carbocycles. The van der Waals surface area contributed by atoms with Crippen LogP contribution in [0.1, 0.15) is 30.1 Å². The molecule has 0 saturated carbocycles. The second kappa shape index (κ2) is 8.12. The molecule has 0 bridgehead atoms. The number of hydrogen-bond acceptors (Lipinski definition) is 7. The average molecular weight is 497 g/mol. The van der Waals surface area contributed by atoms with Gasteiger partial charge in [0.1, 0.15) is 29.2 Å². The van der Waals surface area contributed by atoms with Crippen LogP contribution in [0.25, 0.3) is 11.0 Å². The summed E-state index contributed by atoms with van der Waals surface area (Å²) in [4.78, 5) is 10.4. The lowest BCUT2D eigenvalue weighted by Crippen LogP contribution is -2.55. The zero-order chi connectivity index (χ0) is 24.1. The van der Waals surface area contributed by atoms with E-state index in [1.165, 1.54) is 12.6 Å². The van der Waals surface area contributed by atoms with Crippen LogP contribution in [0.5, 0.6) is 5.75 Å². The maximum atomic E-state index is 13.3. The molecule has 1 saturated heterocycles. The zero-order valence-electron chi connectivity index (χ0n) is 18.2. The van der Waals surface area contributed by atoms with Crippen molar-refractivity contribution < 1.29 is 31.1 Å². The first kappa shape index (κ1) is 22.9. The highest BCUT2D eigenvalue weighted by Gasteiger charge is 2.54. The lowest BCUT2D eigenvalue weighted by atomic mass is 9.76. The number of alkyl halides is 3. The average Bonchev–Trinajstić information content (AvgIpc) is 3.25. The Bertz CT molecular complexity index is 1320. The van der Waals surface area contributed by atoms with Gasteiger partial charge in [0.2, 0.25) is 0 Å². The first-order chi connectivity index (χ1) is 16.1. The van der Waals surface area contributed by atoms with Gasteiger partial charge in [-0.1, -0.05) is 18.2 Å². The highest BCUT2D eigenvalue weighted by molar-refractivity contribution is 7.92. The molecule has 34 heavy (non-hydrogen) atoms. The molecule has 2 aromatic heterocycles. The van der Waals surface area contributed by atoms with Gasteiger partial charge in [-0.25, -0.2) is 18.4 Å². The van der Waals surface area contributed by atoms with Gasteiger partial charge in [0.15, 0.2) is 9.84 Å². The van der Waals surface area contributed by atoms with Crippen molar-refractivity contribution in [1.82, 2.24) is 15.0 Å². The number of rotatable bonds is 4. The summed E-state index contributed by atoms with van der Waals surface area (Å²) in [5.74, 6) is 0.230. The monoisotopic (exact) mass is 496 g/mol. The largest absolute Gasteiger partial charge is 0.493 e. The van der Waals surface area contributed by atoms with Crippen molar-refractivity contribution in [2.75, 3.05) is 31.4 Å². The third kappa shape index (κ3) is 3.78. The number of H-pyrrole nitrogens is 1. The van der Waals surface area contributed by atoms with Gasteiger partial charge in [0.05, 0.1) is 22.8 Å². The van der Waals surface area contributed by atoms with Gasteiger partial charge in [0.25, 0.3) is 0 Å². The Morgan fingerprint density at radius 2 is 1.91 bits per heavy atom. The molecule has 1 aromatic carbocycles. The number of fused-ring (bicyclic) bond motifs is 2. The number of anilines is 1. The Morgan fingerprint density at radius 3 is 2.62 bits per heavy atom. The van der Waals surface area contributed by atoms with E-state index in [-0.39, 0.29) is 23.5 Å². The molecule has 1 fully saturated rings. The van der Waals surface area contributed by atoms with Crippen LogP contribution in [0.3, 0.4) is 0 Å². The second-order valence-corrected chi connectivity index (χ2v) is 11.0. The van der Waals surface area contributed by atoms with Gasteiger partial charge in [-0.2, -0.15) is 13.2 Å². The Kier molecular flexibility index (Phi) is 5.47. The molecule has 3 aromatic rings. The molecule has 0 spiro atoms. The van der Waals surface area contributed by atoms with Gasteiger partial charge in [-0.05, 0) is 25.0 Å². The Balaban J connectivity index is 1.63. The summed E-state index contributed by atoms with van der Waals surface area (Å²) in [6, 6.07) is 7.60. The molecular formula is C22H23F3N4O4S. The molecule has 4 heterocycles. The smallest absolute Gasteiger partial charge is 0.431 e. The van der Waals surface area contributed by atoms with Crippen LogP contribution in [0.4, 0.5) is 19.0 Å². The molecule has 182 valence electrons. The molecule has 2 N–H and O–H groups in total. The van der Waals surface area contributed by atoms with Crippen LogP contribution in [0, 0.1) is 5.92 Å². The molecule has 0 amide bonds. The van der Waals surface area contributed by atoms with E-state index in [9.17, 15) is 21.6 Å². The first-order valence-corrected chi connectivity index (χ1v) is 12.7. The van der Waals surface area contributed by atoms with Gasteiger partial charge in [-0.3, -0.25) is 0 Å². The van der Waals surface area contributed by atoms with Gasteiger partial charge >= 0.3 is 6.18 Å². The maximum Gasteiger partial charge on any atom is 0.431 e. The highest BCUT2D eigenvalue weighted by Crippen LogP contribution is 2.48. The van der Waals surface area contributed by atoms with Crippen molar-refractivity contribution in [2.24, 2.45) is 5.92 Å². The Labute approximate surface area is 193 Å². The van der Waals surface area contributed by atoms with Crippen LogP contribution < -0.4 is 10.1 Å². The third-order valence-corrected chi connectivity index (χ3v) is 9.04. The number of nitrogens with zero attached hydrogens (tertiary/aromatic N) is 2. The van der Waals surface area contributed by atoms with Gasteiger partial charge < -0.3 is 19.8 Å². The summed E-state index contributed by atoms with van der Waals surface area (Å²) in [5.41, 5.74) is -0.191. The number of aromatic nitrogens is 3. The minimum atomic E-state index is -4.58. The third-order valence-electron chi connectivity index (χ3n) is 6.85. The molecular weight excluding hydrogens is 473 g/mol. The first-order valence-electron chi connectivity index (χ1n) is 10.8. The van der Waals surface area contributed by atoms with Crippen molar-refractivity contribution in [3.05, 3.63) is 47.9 Å². The fourth-order valence-corrected chi connectivity index (χ4v) is 6.75. The topological polar surface area (TPSA) is 106 Å². The highest BCUT2D eigenvalue weighted by atomic mass is 32.2. The Hall–Kier alpha value is -2.86. The number of aromatic amines is 1. The lowest BCUT2D eigenvalue weighted by Gasteiger charge is -2.47. The van der Waals surface area contributed by atoms with E-state index >= 15 is 0 Å². The molecule has 2 atom stereocenters. The van der Waals surface area contributed by atoms with Crippen molar-refractivity contribution in [3.8, 4) is 5.75 Å². The van der Waals surface area contributed by atoms with Crippen molar-refractivity contribution in [3.63, 3.8) is 0 Å². The molecule has 5 rings (SSSR count). The molecule has 0 radical (unpaired) electrons. The number of ether oxygens (including phenoxy) is 2. The van der Waals surface area contributed by atoms with E-state index in [1.54, 1.807) is 6.07 Å². The molecule has 8 nitrogen and oxygen atoms in total. The summed E-state index contributed by atoms with van der Waals surface area (Å²) >= 11 is 0. The van der Waals surface area contributed by atoms with Crippen molar-refractivity contribution >= 4 is 26.7 Å². The molecule has 2 aliphatic heterocycles. The molecule has 0 unspecified atom stereocenters. The minimum Gasteiger partial charge on any atom is -0.493 e. The van der Waals surface area contributed by atoms with Crippen LogP contribution in [-0.4, -0.2) is 54.2 Å². The fourth-order valence-electron chi connectivity index (χ4n) is 5.08. The Morgan fingerprint density at radius 1 is 1.18 bits per heavy atom. The van der Waals surface area contributed by atoms with Crippen molar-refractivity contribution in [1.29, 1.82) is 0 Å².